The average molecular weight is 214 g/mol. The van der Waals surface area contributed by atoms with Crippen molar-refractivity contribution in [2.45, 2.75) is 0 Å². The van der Waals surface area contributed by atoms with Crippen LogP contribution in [0.1, 0.15) is 0 Å². The summed E-state index contributed by atoms with van der Waals surface area (Å²) in [5.74, 6) is 0.0603. The number of nitrogens with zero attached hydrogens (tertiary/aromatic N) is 3. The normalized spacial score (nSPS) is 11.1. The van der Waals surface area contributed by atoms with Crippen LogP contribution in [-0.4, -0.2) is 15.0 Å². The van der Waals surface area contributed by atoms with Crippen LogP contribution in [0.3, 0.4) is 0 Å². The van der Waals surface area contributed by atoms with Gasteiger partial charge in [-0.3, -0.25) is 0 Å². The van der Waals surface area contributed by atoms with E-state index in [2.05, 4.69) is 15.0 Å². The number of benzene rings is 1. The molecule has 3 rings (SSSR count). The highest BCUT2D eigenvalue weighted by atomic mass is 19.1. The largest absolute Gasteiger partial charge is 0.383 e. The van der Waals surface area contributed by atoms with Gasteiger partial charge in [0.1, 0.15) is 18.0 Å². The lowest BCUT2D eigenvalue weighted by atomic mass is 10.2. The summed E-state index contributed by atoms with van der Waals surface area (Å²) < 4.78 is 13.0. The Labute approximate surface area is 90.0 Å². The predicted octanol–water partition coefficient (Wildman–Crippen LogP) is 1.90. The number of rotatable bonds is 0. The van der Waals surface area contributed by atoms with E-state index in [1.165, 1.54) is 18.5 Å². The van der Waals surface area contributed by atoms with Crippen LogP contribution in [0.5, 0.6) is 0 Å². The molecule has 0 aliphatic carbocycles. The summed E-state index contributed by atoms with van der Waals surface area (Å²) in [5, 5.41) is 1.50. The van der Waals surface area contributed by atoms with E-state index in [0.717, 1.165) is 5.39 Å². The number of halogens is 1. The molecular formula is C11H7FN4. The monoisotopic (exact) mass is 214 g/mol. The molecule has 0 radical (unpaired) electrons. The predicted molar refractivity (Wildman–Crippen MR) is 59.2 cm³/mol. The topological polar surface area (TPSA) is 64.7 Å². The maximum atomic E-state index is 13.0. The lowest BCUT2D eigenvalue weighted by Crippen LogP contribution is -1.95. The zero-order valence-corrected chi connectivity index (χ0v) is 8.18. The van der Waals surface area contributed by atoms with Crippen LogP contribution in [0.15, 0.2) is 30.6 Å². The van der Waals surface area contributed by atoms with E-state index in [-0.39, 0.29) is 5.82 Å². The first-order chi connectivity index (χ1) is 7.74. The number of nitrogens with two attached hydrogens (primary N) is 1. The van der Waals surface area contributed by atoms with Crippen molar-refractivity contribution in [2.24, 2.45) is 0 Å². The van der Waals surface area contributed by atoms with E-state index in [9.17, 15) is 4.39 Å². The quantitative estimate of drug-likeness (QED) is 0.580. The van der Waals surface area contributed by atoms with Gasteiger partial charge in [0.15, 0.2) is 5.65 Å². The van der Waals surface area contributed by atoms with Crippen LogP contribution in [0.25, 0.3) is 21.9 Å². The summed E-state index contributed by atoms with van der Waals surface area (Å²) in [6, 6.07) is 6.22. The third-order valence-corrected chi connectivity index (χ3v) is 2.41. The molecule has 0 saturated carbocycles. The molecule has 2 N–H and O–H groups in total. The molecule has 0 unspecified atom stereocenters. The van der Waals surface area contributed by atoms with Crippen molar-refractivity contribution >= 4 is 27.8 Å². The molecule has 0 aliphatic rings. The summed E-state index contributed by atoms with van der Waals surface area (Å²) in [7, 11) is 0. The standard InChI is InChI=1S/C11H7FN4/c12-7-2-1-6-3-8-10(13)14-5-15-11(8)16-9(6)4-7/h1-5H,(H2,13,14,15,16). The van der Waals surface area contributed by atoms with Gasteiger partial charge in [-0.1, -0.05) is 0 Å². The maximum absolute atomic E-state index is 13.0. The van der Waals surface area contributed by atoms with Gasteiger partial charge in [-0.25, -0.2) is 19.3 Å². The Kier molecular flexibility index (Phi) is 1.73. The molecule has 16 heavy (non-hydrogen) atoms. The van der Waals surface area contributed by atoms with Crippen LogP contribution in [-0.2, 0) is 0 Å². The number of fused-ring (bicyclic) bond motifs is 2. The van der Waals surface area contributed by atoms with Crippen molar-refractivity contribution in [1.82, 2.24) is 15.0 Å². The second-order valence-corrected chi connectivity index (χ2v) is 3.46. The zero-order valence-electron chi connectivity index (χ0n) is 8.18. The summed E-state index contributed by atoms with van der Waals surface area (Å²) in [5.41, 5.74) is 6.75. The van der Waals surface area contributed by atoms with Crippen LogP contribution < -0.4 is 5.73 Å². The molecular weight excluding hydrogens is 207 g/mol. The maximum Gasteiger partial charge on any atom is 0.165 e. The molecule has 5 heteroatoms. The lowest BCUT2D eigenvalue weighted by Gasteiger charge is -2.02. The molecule has 2 aromatic heterocycles. The highest BCUT2D eigenvalue weighted by Crippen LogP contribution is 2.21. The first-order valence-corrected chi connectivity index (χ1v) is 4.70. The van der Waals surface area contributed by atoms with Gasteiger partial charge < -0.3 is 5.73 Å². The number of aromatic nitrogens is 3. The van der Waals surface area contributed by atoms with Gasteiger partial charge in [0.05, 0.1) is 10.9 Å². The Bertz CT molecular complexity index is 695. The molecule has 0 aliphatic heterocycles. The second-order valence-electron chi connectivity index (χ2n) is 3.46. The van der Waals surface area contributed by atoms with Crippen LogP contribution in [0.2, 0.25) is 0 Å². The van der Waals surface area contributed by atoms with Gasteiger partial charge in [0, 0.05) is 11.5 Å². The minimum absolute atomic E-state index is 0.318. The van der Waals surface area contributed by atoms with E-state index >= 15 is 0 Å². The summed E-state index contributed by atoms with van der Waals surface area (Å²) in [6.07, 6.45) is 1.34. The molecule has 0 saturated heterocycles. The molecule has 1 aromatic carbocycles. The summed E-state index contributed by atoms with van der Waals surface area (Å²) in [4.78, 5) is 12.1. The van der Waals surface area contributed by atoms with Crippen molar-refractivity contribution in [1.29, 1.82) is 0 Å². The first kappa shape index (κ1) is 8.96. The van der Waals surface area contributed by atoms with Crippen LogP contribution in [0.4, 0.5) is 10.2 Å². The Balaban J connectivity index is 2.49. The smallest absolute Gasteiger partial charge is 0.165 e. The Morgan fingerprint density at radius 1 is 1.12 bits per heavy atom. The van der Waals surface area contributed by atoms with E-state index in [1.54, 1.807) is 6.07 Å². The molecule has 3 aromatic rings. The number of anilines is 1. The Morgan fingerprint density at radius 3 is 2.88 bits per heavy atom. The third-order valence-electron chi connectivity index (χ3n) is 2.41. The zero-order chi connectivity index (χ0) is 11.1. The fraction of sp³-hybridized carbons (Fsp3) is 0. The SMILES string of the molecule is Nc1ncnc2nc3cc(F)ccc3cc12. The van der Waals surface area contributed by atoms with Gasteiger partial charge in [-0.15, -0.1) is 0 Å². The van der Waals surface area contributed by atoms with Gasteiger partial charge in [-0.05, 0) is 18.2 Å². The van der Waals surface area contributed by atoms with Gasteiger partial charge in [0.25, 0.3) is 0 Å². The molecule has 78 valence electrons. The molecule has 2 heterocycles. The fourth-order valence-corrected chi connectivity index (χ4v) is 1.63. The van der Waals surface area contributed by atoms with Crippen molar-refractivity contribution in [3.05, 3.63) is 36.4 Å². The highest BCUT2D eigenvalue weighted by Gasteiger charge is 2.04. The van der Waals surface area contributed by atoms with Crippen LogP contribution >= 0.6 is 0 Å². The van der Waals surface area contributed by atoms with Crippen molar-refractivity contribution < 1.29 is 4.39 Å². The minimum atomic E-state index is -0.318. The van der Waals surface area contributed by atoms with E-state index in [1.807, 2.05) is 6.07 Å². The van der Waals surface area contributed by atoms with Gasteiger partial charge >= 0.3 is 0 Å². The van der Waals surface area contributed by atoms with E-state index in [0.29, 0.717) is 22.4 Å². The van der Waals surface area contributed by atoms with Gasteiger partial charge in [-0.2, -0.15) is 0 Å². The number of nitrogen functional groups attached to an aromatic ring is 1. The van der Waals surface area contributed by atoms with E-state index in [4.69, 9.17) is 5.73 Å². The number of pyridine rings is 1. The second kappa shape index (κ2) is 3.10. The lowest BCUT2D eigenvalue weighted by molar-refractivity contribution is 0.629. The molecule has 0 atom stereocenters. The first-order valence-electron chi connectivity index (χ1n) is 4.70. The third kappa shape index (κ3) is 1.25. The van der Waals surface area contributed by atoms with Crippen LogP contribution in [0, 0.1) is 5.82 Å². The number of hydrogen-bond donors (Lipinski definition) is 1. The average Bonchev–Trinajstić information content (AvgIpc) is 2.27. The highest BCUT2D eigenvalue weighted by molar-refractivity contribution is 5.95. The van der Waals surface area contributed by atoms with Crippen molar-refractivity contribution in [2.75, 3.05) is 5.73 Å². The van der Waals surface area contributed by atoms with E-state index < -0.39 is 0 Å². The molecule has 4 nitrogen and oxygen atoms in total. The summed E-state index contributed by atoms with van der Waals surface area (Å²) >= 11 is 0. The van der Waals surface area contributed by atoms with Crippen molar-refractivity contribution in [3.8, 4) is 0 Å². The minimum Gasteiger partial charge on any atom is -0.383 e. The molecule has 0 fully saturated rings. The summed E-state index contributed by atoms with van der Waals surface area (Å²) in [6.45, 7) is 0. The van der Waals surface area contributed by atoms with Crippen molar-refractivity contribution in [3.63, 3.8) is 0 Å². The molecule has 0 amide bonds. The number of hydrogen-bond acceptors (Lipinski definition) is 4. The van der Waals surface area contributed by atoms with Gasteiger partial charge in [0.2, 0.25) is 0 Å². The fourth-order valence-electron chi connectivity index (χ4n) is 1.63. The molecule has 0 bridgehead atoms. The Hall–Kier alpha value is -2.30. The Morgan fingerprint density at radius 2 is 2.00 bits per heavy atom. The molecule has 0 spiro atoms.